The van der Waals surface area contributed by atoms with Gasteiger partial charge in [-0.25, -0.2) is 9.59 Å². The largest absolute Gasteiger partial charge is 0.459 e. The summed E-state index contributed by atoms with van der Waals surface area (Å²) in [6.07, 6.45) is 1.89. The zero-order valence-corrected chi connectivity index (χ0v) is 21.0. The molecule has 0 saturated carbocycles. The van der Waals surface area contributed by atoms with Crippen LogP contribution >= 0.6 is 11.8 Å². The minimum Gasteiger partial charge on any atom is -0.459 e. The molecule has 0 heterocycles. The number of thioether (sulfide) groups is 1. The summed E-state index contributed by atoms with van der Waals surface area (Å²) in [5.74, 6) is -0.326. The van der Waals surface area contributed by atoms with Crippen molar-refractivity contribution >= 4 is 29.7 Å². The molecule has 2 amide bonds. The second-order valence-corrected chi connectivity index (χ2v) is 9.81. The second kappa shape index (κ2) is 13.6. The molecule has 2 atom stereocenters. The Kier molecular flexibility index (Phi) is 10.9. The van der Waals surface area contributed by atoms with Gasteiger partial charge in [-0.05, 0) is 50.3 Å². The highest BCUT2D eigenvalue weighted by Gasteiger charge is 2.29. The van der Waals surface area contributed by atoms with Gasteiger partial charge in [-0.3, -0.25) is 4.79 Å². The standard InChI is InChI=1S/C26H34N2O5S/c1-26(2,3)33-25(31)28-22(17-19-11-7-5-8-12-19)23(29)27-21(15-16-34-4)24(30)32-18-20-13-9-6-10-14-20/h5-14,21-22H,15-18H2,1-4H3,(H,27,29)(H,28,31)/t21-,22-/m0/s1. The quantitative estimate of drug-likeness (QED) is 0.465. The van der Waals surface area contributed by atoms with Gasteiger partial charge in [0.1, 0.15) is 24.3 Å². The fourth-order valence-corrected chi connectivity index (χ4v) is 3.57. The summed E-state index contributed by atoms with van der Waals surface area (Å²) >= 11 is 1.57. The van der Waals surface area contributed by atoms with Gasteiger partial charge in [0.2, 0.25) is 5.91 Å². The van der Waals surface area contributed by atoms with Crippen LogP contribution < -0.4 is 10.6 Å². The Morgan fingerprint density at radius 1 is 0.882 bits per heavy atom. The lowest BCUT2D eigenvalue weighted by Crippen LogP contribution is -2.53. The van der Waals surface area contributed by atoms with Gasteiger partial charge < -0.3 is 20.1 Å². The lowest BCUT2D eigenvalue weighted by Gasteiger charge is -2.25. The minimum atomic E-state index is -0.920. The maximum Gasteiger partial charge on any atom is 0.408 e. The van der Waals surface area contributed by atoms with E-state index in [2.05, 4.69) is 10.6 Å². The van der Waals surface area contributed by atoms with Crippen molar-refractivity contribution in [1.82, 2.24) is 10.6 Å². The van der Waals surface area contributed by atoms with E-state index in [1.165, 1.54) is 0 Å². The van der Waals surface area contributed by atoms with Crippen molar-refractivity contribution in [3.8, 4) is 0 Å². The number of hydrogen-bond acceptors (Lipinski definition) is 6. The monoisotopic (exact) mass is 486 g/mol. The number of amides is 2. The number of carbonyl (C=O) groups is 3. The molecule has 2 aromatic rings. The predicted molar refractivity (Wildman–Crippen MR) is 134 cm³/mol. The van der Waals surface area contributed by atoms with Gasteiger partial charge in [0.05, 0.1) is 0 Å². The molecular weight excluding hydrogens is 452 g/mol. The van der Waals surface area contributed by atoms with Crippen molar-refractivity contribution in [2.45, 2.75) is 57.9 Å². The SMILES string of the molecule is CSCC[C@H](NC(=O)[C@H](Cc1ccccc1)NC(=O)OC(C)(C)C)C(=O)OCc1ccccc1. The Morgan fingerprint density at radius 2 is 1.47 bits per heavy atom. The lowest BCUT2D eigenvalue weighted by molar-refractivity contribution is -0.149. The van der Waals surface area contributed by atoms with E-state index in [0.29, 0.717) is 12.2 Å². The van der Waals surface area contributed by atoms with Crippen molar-refractivity contribution < 1.29 is 23.9 Å². The lowest BCUT2D eigenvalue weighted by atomic mass is 10.0. The average molecular weight is 487 g/mol. The summed E-state index contributed by atoms with van der Waals surface area (Å²) in [6, 6.07) is 16.9. The van der Waals surface area contributed by atoms with Crippen LogP contribution in [0.25, 0.3) is 0 Å². The number of carbonyl (C=O) groups excluding carboxylic acids is 3. The molecule has 7 nitrogen and oxygen atoms in total. The molecule has 0 fully saturated rings. The first-order chi connectivity index (χ1) is 16.2. The first kappa shape index (κ1) is 27.2. The normalized spacial score (nSPS) is 12.8. The van der Waals surface area contributed by atoms with Gasteiger partial charge in [0.15, 0.2) is 0 Å². The first-order valence-electron chi connectivity index (χ1n) is 11.2. The second-order valence-electron chi connectivity index (χ2n) is 8.82. The predicted octanol–water partition coefficient (Wildman–Crippen LogP) is 4.10. The third kappa shape index (κ3) is 10.3. The topological polar surface area (TPSA) is 93.7 Å². The van der Waals surface area contributed by atoms with E-state index < -0.39 is 35.7 Å². The van der Waals surface area contributed by atoms with E-state index in [4.69, 9.17) is 9.47 Å². The molecule has 0 saturated heterocycles. The highest BCUT2D eigenvalue weighted by atomic mass is 32.2. The number of alkyl carbamates (subject to hydrolysis) is 1. The number of ether oxygens (including phenoxy) is 2. The molecule has 34 heavy (non-hydrogen) atoms. The number of nitrogens with one attached hydrogen (secondary N) is 2. The molecule has 8 heteroatoms. The molecule has 0 aliphatic carbocycles. The maximum absolute atomic E-state index is 13.2. The zero-order valence-electron chi connectivity index (χ0n) is 20.2. The van der Waals surface area contributed by atoms with E-state index in [1.807, 2.05) is 66.9 Å². The van der Waals surface area contributed by atoms with Crippen LogP contribution in [0.4, 0.5) is 4.79 Å². The molecule has 0 aliphatic rings. The summed E-state index contributed by atoms with van der Waals surface area (Å²) in [6.45, 7) is 5.37. The van der Waals surface area contributed by atoms with Crippen LogP contribution in [0.15, 0.2) is 60.7 Å². The van der Waals surface area contributed by atoms with E-state index in [1.54, 1.807) is 32.5 Å². The van der Waals surface area contributed by atoms with Gasteiger partial charge in [0, 0.05) is 6.42 Å². The van der Waals surface area contributed by atoms with Crippen LogP contribution in [0.1, 0.15) is 38.3 Å². The number of benzene rings is 2. The van der Waals surface area contributed by atoms with Gasteiger partial charge >= 0.3 is 12.1 Å². The Balaban J connectivity index is 2.11. The molecule has 0 spiro atoms. The molecule has 0 aromatic heterocycles. The Labute approximate surface area is 206 Å². The minimum absolute atomic E-state index is 0.120. The van der Waals surface area contributed by atoms with E-state index in [9.17, 15) is 14.4 Å². The summed E-state index contributed by atoms with van der Waals surface area (Å²) in [5, 5.41) is 5.43. The Bertz CT molecular complexity index is 916. The number of esters is 1. The van der Waals surface area contributed by atoms with Crippen LogP contribution in [0.2, 0.25) is 0 Å². The maximum atomic E-state index is 13.2. The van der Waals surface area contributed by atoms with Crippen LogP contribution in [0.5, 0.6) is 0 Å². The molecule has 0 radical (unpaired) electrons. The number of hydrogen-bond donors (Lipinski definition) is 2. The highest BCUT2D eigenvalue weighted by Crippen LogP contribution is 2.11. The van der Waals surface area contributed by atoms with E-state index in [0.717, 1.165) is 11.1 Å². The fourth-order valence-electron chi connectivity index (χ4n) is 3.10. The molecular formula is C26H34N2O5S. The molecule has 184 valence electrons. The summed E-state index contributed by atoms with van der Waals surface area (Å²) in [5.41, 5.74) is 1.02. The van der Waals surface area contributed by atoms with Crippen molar-refractivity contribution in [2.24, 2.45) is 0 Å². The molecule has 2 rings (SSSR count). The third-order valence-electron chi connectivity index (χ3n) is 4.73. The van der Waals surface area contributed by atoms with Gasteiger partial charge in [-0.1, -0.05) is 60.7 Å². The Hall–Kier alpha value is -3.00. The number of rotatable bonds is 11. The Morgan fingerprint density at radius 3 is 2.03 bits per heavy atom. The molecule has 0 unspecified atom stereocenters. The highest BCUT2D eigenvalue weighted by molar-refractivity contribution is 7.98. The third-order valence-corrected chi connectivity index (χ3v) is 5.37. The van der Waals surface area contributed by atoms with E-state index >= 15 is 0 Å². The van der Waals surface area contributed by atoms with Crippen molar-refractivity contribution in [3.05, 3.63) is 71.8 Å². The first-order valence-corrected chi connectivity index (χ1v) is 12.6. The van der Waals surface area contributed by atoms with Crippen LogP contribution in [-0.4, -0.2) is 47.7 Å². The van der Waals surface area contributed by atoms with Gasteiger partial charge in [0.25, 0.3) is 0 Å². The van der Waals surface area contributed by atoms with E-state index in [-0.39, 0.29) is 13.0 Å². The summed E-state index contributed by atoms with van der Waals surface area (Å²) in [4.78, 5) is 38.4. The van der Waals surface area contributed by atoms with Crippen LogP contribution in [-0.2, 0) is 32.1 Å². The van der Waals surface area contributed by atoms with Crippen molar-refractivity contribution in [1.29, 1.82) is 0 Å². The summed E-state index contributed by atoms with van der Waals surface area (Å²) in [7, 11) is 0. The molecule has 2 N–H and O–H groups in total. The van der Waals surface area contributed by atoms with Crippen LogP contribution in [0, 0.1) is 0 Å². The average Bonchev–Trinajstić information content (AvgIpc) is 2.79. The van der Waals surface area contributed by atoms with Gasteiger partial charge in [-0.15, -0.1) is 0 Å². The molecule has 0 bridgehead atoms. The fraction of sp³-hybridized carbons (Fsp3) is 0.423. The van der Waals surface area contributed by atoms with Crippen molar-refractivity contribution in [2.75, 3.05) is 12.0 Å². The van der Waals surface area contributed by atoms with Gasteiger partial charge in [-0.2, -0.15) is 11.8 Å². The molecule has 0 aliphatic heterocycles. The zero-order chi connectivity index (χ0) is 25.0. The summed E-state index contributed by atoms with van der Waals surface area (Å²) < 4.78 is 10.8. The van der Waals surface area contributed by atoms with Crippen LogP contribution in [0.3, 0.4) is 0 Å². The smallest absolute Gasteiger partial charge is 0.408 e. The molecule has 2 aromatic carbocycles. The van der Waals surface area contributed by atoms with Crippen molar-refractivity contribution in [3.63, 3.8) is 0 Å².